The normalized spacial score (nSPS) is 10.8. The van der Waals surface area contributed by atoms with E-state index in [1.807, 2.05) is 6.92 Å². The maximum absolute atomic E-state index is 11.8. The summed E-state index contributed by atoms with van der Waals surface area (Å²) in [5.74, 6) is 0.613. The lowest BCUT2D eigenvalue weighted by atomic mass is 10.1. The van der Waals surface area contributed by atoms with Crippen LogP contribution in [0.4, 0.5) is 0 Å². The summed E-state index contributed by atoms with van der Waals surface area (Å²) >= 11 is 6.29. The Bertz CT molecular complexity index is 987. The first-order valence-corrected chi connectivity index (χ1v) is 8.34. The number of rotatable bonds is 5. The third kappa shape index (κ3) is 3.74. The second kappa shape index (κ2) is 7.11. The van der Waals surface area contributed by atoms with Gasteiger partial charge >= 0.3 is 5.63 Å². The van der Waals surface area contributed by atoms with Crippen LogP contribution >= 0.6 is 11.6 Å². The van der Waals surface area contributed by atoms with Gasteiger partial charge in [-0.05, 0) is 55.3 Å². The average molecular weight is 357 g/mol. The van der Waals surface area contributed by atoms with Crippen molar-refractivity contribution >= 4 is 28.4 Å². The summed E-state index contributed by atoms with van der Waals surface area (Å²) in [5.41, 5.74) is 2.32. The van der Waals surface area contributed by atoms with Crippen LogP contribution in [0.15, 0.2) is 51.7 Å². The molecule has 0 bridgehead atoms. The molecule has 0 N–H and O–H groups in total. The zero-order valence-corrected chi connectivity index (χ0v) is 14.7. The monoisotopic (exact) mass is 356 g/mol. The Morgan fingerprint density at radius 1 is 1.12 bits per heavy atom. The first kappa shape index (κ1) is 17.2. The first-order chi connectivity index (χ1) is 12.0. The van der Waals surface area contributed by atoms with Crippen LogP contribution in [-0.2, 0) is 13.0 Å². The summed E-state index contributed by atoms with van der Waals surface area (Å²) in [7, 11) is 0. The van der Waals surface area contributed by atoms with Gasteiger partial charge in [0.25, 0.3) is 0 Å². The highest BCUT2D eigenvalue weighted by atomic mass is 35.5. The first-order valence-electron chi connectivity index (χ1n) is 7.97. The quantitative estimate of drug-likeness (QED) is 0.487. The van der Waals surface area contributed by atoms with E-state index in [2.05, 4.69) is 0 Å². The Labute approximate surface area is 150 Å². The number of Topliss-reactive ketones (excluding diaryl/α,β-unsaturated/α-hetero) is 1. The highest BCUT2D eigenvalue weighted by Crippen LogP contribution is 2.27. The molecular formula is C20H17ClO4. The lowest BCUT2D eigenvalue weighted by Crippen LogP contribution is -2.04. The number of hydrogen-bond donors (Lipinski definition) is 0. The molecule has 3 aromatic rings. The van der Waals surface area contributed by atoms with Gasteiger partial charge in [-0.15, -0.1) is 0 Å². The van der Waals surface area contributed by atoms with E-state index >= 15 is 0 Å². The van der Waals surface area contributed by atoms with Crippen molar-refractivity contribution in [3.05, 3.63) is 74.6 Å². The molecule has 0 aliphatic rings. The molecule has 0 radical (unpaired) electrons. The summed E-state index contributed by atoms with van der Waals surface area (Å²) in [6.07, 6.45) is 0.752. The number of benzene rings is 2. The van der Waals surface area contributed by atoms with Crippen molar-refractivity contribution in [3.8, 4) is 5.75 Å². The molecule has 5 heteroatoms. The minimum atomic E-state index is -0.428. The molecule has 0 aliphatic carbocycles. The van der Waals surface area contributed by atoms with Crippen LogP contribution in [0.25, 0.3) is 11.0 Å². The van der Waals surface area contributed by atoms with Crippen LogP contribution in [0, 0.1) is 0 Å². The molecule has 0 saturated carbocycles. The van der Waals surface area contributed by atoms with E-state index in [1.165, 1.54) is 13.0 Å². The lowest BCUT2D eigenvalue weighted by molar-refractivity contribution is 0.101. The standard InChI is InChI=1S/C20H17ClO4/c1-3-13-8-19-17(10-18(13)21)15(9-20(23)25-19)11-24-16-6-4-14(5-7-16)12(2)22/h4-10H,3,11H2,1-2H3. The summed E-state index contributed by atoms with van der Waals surface area (Å²) in [5, 5.41) is 1.39. The smallest absolute Gasteiger partial charge is 0.336 e. The fourth-order valence-electron chi connectivity index (χ4n) is 2.63. The number of halogens is 1. The van der Waals surface area contributed by atoms with Gasteiger partial charge < -0.3 is 9.15 Å². The maximum atomic E-state index is 11.8. The van der Waals surface area contributed by atoms with Gasteiger partial charge in [-0.2, -0.15) is 0 Å². The molecule has 128 valence electrons. The van der Waals surface area contributed by atoms with Crippen molar-refractivity contribution in [2.24, 2.45) is 0 Å². The van der Waals surface area contributed by atoms with Crippen LogP contribution in [0.3, 0.4) is 0 Å². The second-order valence-electron chi connectivity index (χ2n) is 5.75. The molecule has 3 rings (SSSR count). The predicted molar refractivity (Wildman–Crippen MR) is 97.7 cm³/mol. The Morgan fingerprint density at radius 2 is 1.84 bits per heavy atom. The Morgan fingerprint density at radius 3 is 2.48 bits per heavy atom. The minimum Gasteiger partial charge on any atom is -0.489 e. The Hall–Kier alpha value is -2.59. The third-order valence-corrected chi connectivity index (χ3v) is 4.39. The zero-order valence-electron chi connectivity index (χ0n) is 14.0. The number of ether oxygens (including phenoxy) is 1. The number of carbonyl (C=O) groups is 1. The third-order valence-electron chi connectivity index (χ3n) is 4.03. The number of carbonyl (C=O) groups excluding carboxylic acids is 1. The molecule has 0 amide bonds. The number of aryl methyl sites for hydroxylation is 1. The largest absolute Gasteiger partial charge is 0.489 e. The molecule has 0 saturated heterocycles. The summed E-state index contributed by atoms with van der Waals surface area (Å²) in [6.45, 7) is 3.70. The molecule has 0 fully saturated rings. The van der Waals surface area contributed by atoms with Gasteiger partial charge in [0.05, 0.1) is 0 Å². The predicted octanol–water partition coefficient (Wildman–Crippen LogP) is 4.79. The van der Waals surface area contributed by atoms with E-state index in [1.54, 1.807) is 36.4 Å². The molecular weight excluding hydrogens is 340 g/mol. The van der Waals surface area contributed by atoms with E-state index < -0.39 is 5.63 Å². The number of fused-ring (bicyclic) bond motifs is 1. The summed E-state index contributed by atoms with van der Waals surface area (Å²) in [6, 6.07) is 11.9. The molecule has 0 unspecified atom stereocenters. The zero-order chi connectivity index (χ0) is 18.0. The molecule has 4 nitrogen and oxygen atoms in total. The molecule has 2 aromatic carbocycles. The minimum absolute atomic E-state index is 0.000387. The van der Waals surface area contributed by atoms with Gasteiger partial charge in [0, 0.05) is 27.6 Å². The van der Waals surface area contributed by atoms with Crippen LogP contribution in [0.5, 0.6) is 5.75 Å². The van der Waals surface area contributed by atoms with Crippen LogP contribution < -0.4 is 10.4 Å². The van der Waals surface area contributed by atoms with Crippen molar-refractivity contribution in [3.63, 3.8) is 0 Å². The van der Waals surface area contributed by atoms with Crippen molar-refractivity contribution in [2.75, 3.05) is 0 Å². The average Bonchev–Trinajstić information content (AvgIpc) is 2.60. The molecule has 25 heavy (non-hydrogen) atoms. The van der Waals surface area contributed by atoms with Crippen molar-refractivity contribution in [1.29, 1.82) is 0 Å². The molecule has 0 spiro atoms. The number of ketones is 1. The van der Waals surface area contributed by atoms with Gasteiger partial charge in [0.1, 0.15) is 17.9 Å². The maximum Gasteiger partial charge on any atom is 0.336 e. The van der Waals surface area contributed by atoms with E-state index in [-0.39, 0.29) is 12.4 Å². The van der Waals surface area contributed by atoms with E-state index in [9.17, 15) is 9.59 Å². The van der Waals surface area contributed by atoms with Gasteiger partial charge in [-0.1, -0.05) is 18.5 Å². The highest BCUT2D eigenvalue weighted by molar-refractivity contribution is 6.32. The Balaban J connectivity index is 1.91. The Kier molecular flexibility index (Phi) is 4.91. The molecule has 0 aliphatic heterocycles. The van der Waals surface area contributed by atoms with Gasteiger partial charge in [0.15, 0.2) is 5.78 Å². The van der Waals surface area contributed by atoms with Crippen LogP contribution in [-0.4, -0.2) is 5.78 Å². The summed E-state index contributed by atoms with van der Waals surface area (Å²) < 4.78 is 11.0. The van der Waals surface area contributed by atoms with Gasteiger partial charge in [-0.25, -0.2) is 4.79 Å². The SMILES string of the molecule is CCc1cc2oc(=O)cc(COc3ccc(C(C)=O)cc3)c2cc1Cl. The van der Waals surface area contributed by atoms with E-state index in [0.29, 0.717) is 27.5 Å². The van der Waals surface area contributed by atoms with Gasteiger partial charge in [-0.3, -0.25) is 4.79 Å². The van der Waals surface area contributed by atoms with Crippen molar-refractivity contribution in [1.82, 2.24) is 0 Å². The fourth-order valence-corrected chi connectivity index (χ4v) is 2.92. The molecule has 0 atom stereocenters. The summed E-state index contributed by atoms with van der Waals surface area (Å²) in [4.78, 5) is 23.1. The highest BCUT2D eigenvalue weighted by Gasteiger charge is 2.10. The van der Waals surface area contributed by atoms with E-state index in [4.69, 9.17) is 20.8 Å². The second-order valence-corrected chi connectivity index (χ2v) is 6.16. The van der Waals surface area contributed by atoms with Crippen LogP contribution in [0.2, 0.25) is 5.02 Å². The fraction of sp³-hybridized carbons (Fsp3) is 0.200. The lowest BCUT2D eigenvalue weighted by Gasteiger charge is -2.10. The molecule has 1 heterocycles. The topological polar surface area (TPSA) is 56.5 Å². The van der Waals surface area contributed by atoms with Crippen molar-refractivity contribution < 1.29 is 13.9 Å². The van der Waals surface area contributed by atoms with Gasteiger partial charge in [0.2, 0.25) is 0 Å². The number of hydrogen-bond acceptors (Lipinski definition) is 4. The molecule has 1 aromatic heterocycles. The van der Waals surface area contributed by atoms with E-state index in [0.717, 1.165) is 17.4 Å². The van der Waals surface area contributed by atoms with Crippen molar-refractivity contribution in [2.45, 2.75) is 26.9 Å². The van der Waals surface area contributed by atoms with Crippen LogP contribution in [0.1, 0.15) is 35.3 Å².